The zero-order valence-corrected chi connectivity index (χ0v) is 11.4. The number of amides is 1. The molecule has 1 unspecified atom stereocenters. The van der Waals surface area contributed by atoms with Crippen molar-refractivity contribution in [1.29, 1.82) is 0 Å². The lowest BCUT2D eigenvalue weighted by Crippen LogP contribution is -2.31. The Morgan fingerprint density at radius 1 is 1.56 bits per heavy atom. The van der Waals surface area contributed by atoms with Gasteiger partial charge in [-0.15, -0.1) is 23.7 Å². The van der Waals surface area contributed by atoms with Crippen LogP contribution < -0.4 is 5.32 Å². The van der Waals surface area contributed by atoms with Gasteiger partial charge in [-0.1, -0.05) is 0 Å². The number of aryl methyl sites for hydroxylation is 1. The maximum Gasteiger partial charge on any atom is 0.227 e. The van der Waals surface area contributed by atoms with Gasteiger partial charge in [0.15, 0.2) is 0 Å². The number of hydrogen-bond donors (Lipinski definition) is 1. The zero-order chi connectivity index (χ0) is 12.8. The van der Waals surface area contributed by atoms with Crippen molar-refractivity contribution in [2.75, 3.05) is 6.54 Å². The van der Waals surface area contributed by atoms with Crippen LogP contribution >= 0.6 is 11.3 Å². The number of terminal acetylenes is 1. The molecule has 0 fully saturated rings. The smallest absolute Gasteiger partial charge is 0.227 e. The molecule has 1 aliphatic rings. The van der Waals surface area contributed by atoms with Crippen molar-refractivity contribution in [1.82, 2.24) is 5.32 Å². The van der Waals surface area contributed by atoms with Crippen LogP contribution in [0.15, 0.2) is 11.4 Å². The Labute approximate surface area is 113 Å². The van der Waals surface area contributed by atoms with E-state index >= 15 is 0 Å². The Hall–Kier alpha value is -1.27. The second-order valence-corrected chi connectivity index (χ2v) is 5.70. The normalized spacial score (nSPS) is 17.8. The summed E-state index contributed by atoms with van der Waals surface area (Å²) in [5.41, 5.74) is 1.26. The highest BCUT2D eigenvalue weighted by Gasteiger charge is 2.26. The molecule has 0 bridgehead atoms. The summed E-state index contributed by atoms with van der Waals surface area (Å²) in [5, 5.41) is 5.14. The first-order chi connectivity index (χ1) is 8.83. The van der Waals surface area contributed by atoms with E-state index in [1.165, 1.54) is 10.4 Å². The molecule has 18 heavy (non-hydrogen) atoms. The predicted octanol–water partition coefficient (Wildman–Crippen LogP) is 3.09. The van der Waals surface area contributed by atoms with E-state index in [2.05, 4.69) is 22.7 Å². The monoisotopic (exact) mass is 261 g/mol. The molecule has 1 aromatic rings. The fraction of sp³-hybridized carbons (Fsp3) is 0.533. The van der Waals surface area contributed by atoms with Crippen molar-refractivity contribution < 1.29 is 4.79 Å². The van der Waals surface area contributed by atoms with E-state index in [0.717, 1.165) is 45.1 Å². The van der Waals surface area contributed by atoms with E-state index in [9.17, 15) is 4.79 Å². The summed E-state index contributed by atoms with van der Waals surface area (Å²) in [6.07, 6.45) is 11.2. The first kappa shape index (κ1) is 13.2. The lowest BCUT2D eigenvalue weighted by atomic mass is 9.87. The zero-order valence-electron chi connectivity index (χ0n) is 10.6. The molecule has 1 amide bonds. The second-order valence-electron chi connectivity index (χ2n) is 4.70. The predicted molar refractivity (Wildman–Crippen MR) is 75.7 cm³/mol. The van der Waals surface area contributed by atoms with E-state index in [1.54, 1.807) is 11.3 Å². The van der Waals surface area contributed by atoms with Crippen molar-refractivity contribution in [3.05, 3.63) is 21.9 Å². The number of rotatable bonds is 5. The van der Waals surface area contributed by atoms with Gasteiger partial charge in [0.1, 0.15) is 0 Å². The molecule has 0 saturated heterocycles. The minimum absolute atomic E-state index is 0.0765. The molecule has 1 atom stereocenters. The van der Waals surface area contributed by atoms with Crippen LogP contribution in [-0.4, -0.2) is 12.5 Å². The van der Waals surface area contributed by atoms with Gasteiger partial charge in [-0.25, -0.2) is 0 Å². The summed E-state index contributed by atoms with van der Waals surface area (Å²) >= 11 is 1.78. The SMILES string of the molecule is C#CCCCCNC(=O)C1CCCc2sccc21. The maximum atomic E-state index is 12.1. The summed E-state index contributed by atoms with van der Waals surface area (Å²) < 4.78 is 0. The van der Waals surface area contributed by atoms with Crippen LogP contribution in [0.4, 0.5) is 0 Å². The van der Waals surface area contributed by atoms with Crippen LogP contribution in [0.3, 0.4) is 0 Å². The molecule has 1 aromatic heterocycles. The topological polar surface area (TPSA) is 29.1 Å². The number of nitrogens with one attached hydrogen (secondary N) is 1. The Balaban J connectivity index is 1.82. The van der Waals surface area contributed by atoms with Gasteiger partial charge in [-0.05, 0) is 49.1 Å². The lowest BCUT2D eigenvalue weighted by Gasteiger charge is -2.21. The molecule has 0 radical (unpaired) electrons. The third-order valence-corrected chi connectivity index (χ3v) is 4.41. The molecular formula is C15H19NOS. The third kappa shape index (κ3) is 3.14. The van der Waals surface area contributed by atoms with E-state index in [0.29, 0.717) is 0 Å². The van der Waals surface area contributed by atoms with Gasteiger partial charge in [0, 0.05) is 17.8 Å². The van der Waals surface area contributed by atoms with Crippen LogP contribution in [0.2, 0.25) is 0 Å². The van der Waals surface area contributed by atoms with Gasteiger partial charge in [0.25, 0.3) is 0 Å². The summed E-state index contributed by atoms with van der Waals surface area (Å²) in [5.74, 6) is 2.88. The largest absolute Gasteiger partial charge is 0.356 e. The van der Waals surface area contributed by atoms with Crippen LogP contribution in [-0.2, 0) is 11.2 Å². The standard InChI is InChI=1S/C15H19NOS/c1-2-3-4-5-10-16-15(17)13-7-6-8-14-12(13)9-11-18-14/h1,9,11,13H,3-8,10H2,(H,16,17). The lowest BCUT2D eigenvalue weighted by molar-refractivity contribution is -0.122. The molecule has 3 heteroatoms. The van der Waals surface area contributed by atoms with E-state index in [-0.39, 0.29) is 11.8 Å². The molecule has 0 saturated carbocycles. The molecule has 0 aliphatic heterocycles. The Morgan fingerprint density at radius 2 is 2.44 bits per heavy atom. The molecule has 2 nitrogen and oxygen atoms in total. The first-order valence-electron chi connectivity index (χ1n) is 6.60. The molecular weight excluding hydrogens is 242 g/mol. The number of unbranched alkanes of at least 4 members (excludes halogenated alkanes) is 2. The fourth-order valence-electron chi connectivity index (χ4n) is 2.45. The van der Waals surface area contributed by atoms with E-state index in [4.69, 9.17) is 6.42 Å². The minimum atomic E-state index is 0.0765. The van der Waals surface area contributed by atoms with Gasteiger partial charge in [0.05, 0.1) is 5.92 Å². The first-order valence-corrected chi connectivity index (χ1v) is 7.48. The number of carbonyl (C=O) groups excluding carboxylic acids is 1. The van der Waals surface area contributed by atoms with Gasteiger partial charge in [-0.3, -0.25) is 4.79 Å². The van der Waals surface area contributed by atoms with Crippen molar-refractivity contribution >= 4 is 17.2 Å². The van der Waals surface area contributed by atoms with Gasteiger partial charge < -0.3 is 5.32 Å². The Kier molecular flexibility index (Phi) is 4.83. The van der Waals surface area contributed by atoms with Crippen LogP contribution in [0, 0.1) is 12.3 Å². The summed E-state index contributed by atoms with van der Waals surface area (Å²) in [6, 6.07) is 2.11. The summed E-state index contributed by atoms with van der Waals surface area (Å²) in [6.45, 7) is 0.747. The highest BCUT2D eigenvalue weighted by molar-refractivity contribution is 7.10. The van der Waals surface area contributed by atoms with Crippen LogP contribution in [0.5, 0.6) is 0 Å². The van der Waals surface area contributed by atoms with Gasteiger partial charge in [0.2, 0.25) is 5.91 Å². The number of hydrogen-bond acceptors (Lipinski definition) is 2. The molecule has 1 N–H and O–H groups in total. The highest BCUT2D eigenvalue weighted by atomic mass is 32.1. The van der Waals surface area contributed by atoms with Crippen molar-refractivity contribution in [3.63, 3.8) is 0 Å². The van der Waals surface area contributed by atoms with Gasteiger partial charge in [-0.2, -0.15) is 0 Å². The Morgan fingerprint density at radius 3 is 3.28 bits per heavy atom. The second kappa shape index (κ2) is 6.61. The van der Waals surface area contributed by atoms with Crippen molar-refractivity contribution in [3.8, 4) is 12.3 Å². The minimum Gasteiger partial charge on any atom is -0.356 e. The molecule has 2 rings (SSSR count). The summed E-state index contributed by atoms with van der Waals surface area (Å²) in [7, 11) is 0. The Bertz CT molecular complexity index is 444. The van der Waals surface area contributed by atoms with Gasteiger partial charge >= 0.3 is 0 Å². The molecule has 1 aliphatic carbocycles. The number of thiophene rings is 1. The van der Waals surface area contributed by atoms with Crippen molar-refractivity contribution in [2.45, 2.75) is 44.4 Å². The fourth-order valence-corrected chi connectivity index (χ4v) is 3.43. The molecule has 96 valence electrons. The highest BCUT2D eigenvalue weighted by Crippen LogP contribution is 2.34. The average Bonchev–Trinajstić information content (AvgIpc) is 2.86. The quantitative estimate of drug-likeness (QED) is 0.640. The maximum absolute atomic E-state index is 12.1. The van der Waals surface area contributed by atoms with E-state index < -0.39 is 0 Å². The molecule has 0 spiro atoms. The van der Waals surface area contributed by atoms with Crippen molar-refractivity contribution in [2.24, 2.45) is 0 Å². The third-order valence-electron chi connectivity index (χ3n) is 3.42. The van der Waals surface area contributed by atoms with Crippen LogP contribution in [0.25, 0.3) is 0 Å². The number of fused-ring (bicyclic) bond motifs is 1. The molecule has 0 aromatic carbocycles. The van der Waals surface area contributed by atoms with E-state index in [1.807, 2.05) is 0 Å². The van der Waals surface area contributed by atoms with Crippen LogP contribution in [0.1, 0.15) is 48.5 Å². The molecule has 1 heterocycles. The number of carbonyl (C=O) groups is 1. The average molecular weight is 261 g/mol. The summed E-state index contributed by atoms with van der Waals surface area (Å²) in [4.78, 5) is 13.5.